The number of hydrogen-bond donors (Lipinski definition) is 4. The lowest BCUT2D eigenvalue weighted by Gasteiger charge is -2.37. The van der Waals surface area contributed by atoms with Crippen molar-refractivity contribution in [2.75, 3.05) is 23.3 Å². The Morgan fingerprint density at radius 3 is 2.52 bits per heavy atom. The lowest BCUT2D eigenvalue weighted by Crippen LogP contribution is -2.48. The average Bonchev–Trinajstić information content (AvgIpc) is 3.45. The molecule has 3 heterocycles. The number of phenols is 2. The molecule has 0 unspecified atom stereocenters. The van der Waals surface area contributed by atoms with Gasteiger partial charge in [0.05, 0.1) is 28.7 Å². The van der Waals surface area contributed by atoms with Crippen LogP contribution in [-0.4, -0.2) is 49.6 Å². The van der Waals surface area contributed by atoms with Crippen LogP contribution in [0.2, 0.25) is 5.02 Å². The third kappa shape index (κ3) is 6.89. The lowest BCUT2D eigenvalue weighted by atomic mass is 9.91. The Balaban J connectivity index is 1.08. The van der Waals surface area contributed by atoms with Crippen LogP contribution in [0.4, 0.5) is 11.5 Å². The van der Waals surface area contributed by atoms with E-state index in [4.69, 9.17) is 17.3 Å². The SMILES string of the molecule is CC(C)c1cc(C(=O)N2Cc3ccc(CNc4cccc(Sc5cnc(N6CCC(C)(N)CC6)cn5)c4Cl)cc3C2)c(O)cc1O. The van der Waals surface area contributed by atoms with Crippen molar-refractivity contribution in [1.82, 2.24) is 14.9 Å². The molecule has 0 aliphatic carbocycles. The fourth-order valence-corrected chi connectivity index (χ4v) is 7.00. The van der Waals surface area contributed by atoms with Crippen molar-refractivity contribution in [2.24, 2.45) is 5.73 Å². The average molecular weight is 659 g/mol. The zero-order valence-corrected chi connectivity index (χ0v) is 27.8. The number of nitrogens with zero attached hydrogens (tertiary/aromatic N) is 4. The van der Waals surface area contributed by atoms with E-state index in [1.807, 2.05) is 44.3 Å². The summed E-state index contributed by atoms with van der Waals surface area (Å²) in [6.45, 7) is 9.17. The highest BCUT2D eigenvalue weighted by Crippen LogP contribution is 2.38. The van der Waals surface area contributed by atoms with E-state index in [0.29, 0.717) is 30.2 Å². The summed E-state index contributed by atoms with van der Waals surface area (Å²) in [7, 11) is 0. The van der Waals surface area contributed by atoms with Crippen LogP contribution in [0.5, 0.6) is 11.5 Å². The van der Waals surface area contributed by atoms with E-state index in [2.05, 4.69) is 39.2 Å². The van der Waals surface area contributed by atoms with Crippen LogP contribution in [0.15, 0.2) is 70.8 Å². The van der Waals surface area contributed by atoms with Gasteiger partial charge < -0.3 is 31.1 Å². The Morgan fingerprint density at radius 1 is 1.04 bits per heavy atom. The van der Waals surface area contributed by atoms with E-state index in [9.17, 15) is 15.0 Å². The van der Waals surface area contributed by atoms with Gasteiger partial charge in [0, 0.05) is 49.2 Å². The van der Waals surface area contributed by atoms with Crippen LogP contribution in [0.1, 0.15) is 72.1 Å². The molecule has 1 saturated heterocycles. The Bertz CT molecular complexity index is 1750. The number of aromatic nitrogens is 2. The summed E-state index contributed by atoms with van der Waals surface area (Å²) in [6, 6.07) is 14.9. The van der Waals surface area contributed by atoms with Gasteiger partial charge in [-0.05, 0) is 66.1 Å². The van der Waals surface area contributed by atoms with Gasteiger partial charge in [-0.1, -0.05) is 61.5 Å². The summed E-state index contributed by atoms with van der Waals surface area (Å²) in [5, 5.41) is 25.5. The van der Waals surface area contributed by atoms with Gasteiger partial charge >= 0.3 is 0 Å². The van der Waals surface area contributed by atoms with Crippen LogP contribution in [0, 0.1) is 0 Å². The van der Waals surface area contributed by atoms with Crippen molar-refractivity contribution in [3.05, 3.63) is 93.8 Å². The third-order valence-corrected chi connectivity index (χ3v) is 10.3. The molecule has 11 heteroatoms. The minimum absolute atomic E-state index is 0.00782. The molecule has 3 aromatic carbocycles. The van der Waals surface area contributed by atoms with Crippen molar-refractivity contribution in [1.29, 1.82) is 0 Å². The number of anilines is 2. The van der Waals surface area contributed by atoms with E-state index >= 15 is 0 Å². The molecule has 46 heavy (non-hydrogen) atoms. The highest BCUT2D eigenvalue weighted by molar-refractivity contribution is 7.99. The molecule has 6 rings (SSSR count). The number of hydrogen-bond acceptors (Lipinski definition) is 9. The summed E-state index contributed by atoms with van der Waals surface area (Å²) >= 11 is 8.31. The smallest absolute Gasteiger partial charge is 0.258 e. The minimum Gasteiger partial charge on any atom is -0.508 e. The maximum Gasteiger partial charge on any atom is 0.258 e. The van der Waals surface area contributed by atoms with Crippen molar-refractivity contribution in [3.8, 4) is 11.5 Å². The number of nitrogens with one attached hydrogen (secondary N) is 1. The molecule has 0 spiro atoms. The van der Waals surface area contributed by atoms with Gasteiger partial charge in [0.1, 0.15) is 22.3 Å². The van der Waals surface area contributed by atoms with Crippen molar-refractivity contribution in [3.63, 3.8) is 0 Å². The molecule has 1 amide bonds. The number of carbonyl (C=O) groups is 1. The Hall–Kier alpha value is -3.99. The predicted molar refractivity (Wildman–Crippen MR) is 183 cm³/mol. The third-order valence-electron chi connectivity index (χ3n) is 8.78. The van der Waals surface area contributed by atoms with Crippen LogP contribution < -0.4 is 16.0 Å². The van der Waals surface area contributed by atoms with E-state index in [1.165, 1.54) is 17.8 Å². The number of rotatable bonds is 8. The lowest BCUT2D eigenvalue weighted by molar-refractivity contribution is 0.0748. The molecule has 5 N–H and O–H groups in total. The highest BCUT2D eigenvalue weighted by atomic mass is 35.5. The quantitative estimate of drug-likeness (QED) is 0.160. The number of carbonyl (C=O) groups excluding carboxylic acids is 1. The molecule has 2 aliphatic rings. The molecule has 240 valence electrons. The molecule has 0 atom stereocenters. The summed E-state index contributed by atoms with van der Waals surface area (Å²) < 4.78 is 0. The Morgan fingerprint density at radius 2 is 1.80 bits per heavy atom. The van der Waals surface area contributed by atoms with Gasteiger partial charge in [-0.3, -0.25) is 4.79 Å². The van der Waals surface area contributed by atoms with E-state index < -0.39 is 0 Å². The monoisotopic (exact) mass is 658 g/mol. The first-order chi connectivity index (χ1) is 22.0. The van der Waals surface area contributed by atoms with Crippen molar-refractivity contribution < 1.29 is 15.0 Å². The Labute approximate surface area is 278 Å². The fourth-order valence-electron chi connectivity index (χ4n) is 5.91. The van der Waals surface area contributed by atoms with E-state index in [0.717, 1.165) is 64.0 Å². The number of benzene rings is 3. The largest absolute Gasteiger partial charge is 0.508 e. The number of phenolic OH excluding ortho intramolecular Hbond substituents is 2. The van der Waals surface area contributed by atoms with Gasteiger partial charge in [-0.25, -0.2) is 9.97 Å². The second-order valence-electron chi connectivity index (χ2n) is 12.8. The Kier molecular flexibility index (Phi) is 9.05. The summed E-state index contributed by atoms with van der Waals surface area (Å²) in [5.74, 6) is 0.390. The van der Waals surface area contributed by atoms with Crippen molar-refractivity contribution in [2.45, 2.75) is 74.6 Å². The number of halogens is 1. The van der Waals surface area contributed by atoms with Crippen LogP contribution in [-0.2, 0) is 19.6 Å². The molecular weight excluding hydrogens is 620 g/mol. The molecule has 4 aromatic rings. The van der Waals surface area contributed by atoms with Gasteiger partial charge in [0.15, 0.2) is 0 Å². The fraction of sp³-hybridized carbons (Fsp3) is 0.343. The predicted octanol–water partition coefficient (Wildman–Crippen LogP) is 6.90. The molecule has 0 saturated carbocycles. The molecule has 0 bridgehead atoms. The molecule has 0 radical (unpaired) electrons. The van der Waals surface area contributed by atoms with Crippen LogP contribution in [0.25, 0.3) is 0 Å². The molecular formula is C35H39ClN6O3S. The second kappa shape index (κ2) is 13.0. The number of piperidine rings is 1. The van der Waals surface area contributed by atoms with E-state index in [1.54, 1.807) is 17.2 Å². The minimum atomic E-state index is -0.263. The van der Waals surface area contributed by atoms with Crippen LogP contribution >= 0.6 is 23.4 Å². The normalized spacial score (nSPS) is 15.7. The summed E-state index contributed by atoms with van der Waals surface area (Å²) in [5.41, 5.74) is 11.0. The number of fused-ring (bicyclic) bond motifs is 1. The molecule has 1 aromatic heterocycles. The summed E-state index contributed by atoms with van der Waals surface area (Å²) in [6.07, 6.45) is 5.46. The second-order valence-corrected chi connectivity index (χ2v) is 14.2. The highest BCUT2D eigenvalue weighted by Gasteiger charge is 2.28. The summed E-state index contributed by atoms with van der Waals surface area (Å²) in [4.78, 5) is 27.5. The van der Waals surface area contributed by atoms with Gasteiger partial charge in [-0.2, -0.15) is 0 Å². The maximum absolute atomic E-state index is 13.4. The molecule has 9 nitrogen and oxygen atoms in total. The molecule has 1 fully saturated rings. The molecule has 2 aliphatic heterocycles. The van der Waals surface area contributed by atoms with Gasteiger partial charge in [0.2, 0.25) is 0 Å². The van der Waals surface area contributed by atoms with Gasteiger partial charge in [0.25, 0.3) is 5.91 Å². The topological polar surface area (TPSA) is 128 Å². The first kappa shape index (κ1) is 32.0. The number of nitrogens with two attached hydrogens (primary N) is 1. The van der Waals surface area contributed by atoms with Crippen LogP contribution in [0.3, 0.4) is 0 Å². The number of aromatic hydroxyl groups is 2. The first-order valence-corrected chi connectivity index (χ1v) is 16.7. The standard InChI is InChI=1S/C35H39ClN6O3S/c1-21(2)25-14-26(29(44)15-28(25)43)34(45)42-19-23-8-7-22(13-24(23)20-42)16-38-27-5-4-6-30(33(27)36)46-32-18-39-31(17-40-32)41-11-9-35(3,37)10-12-41/h4-8,13-15,17-18,21,38,43-44H,9-12,16,19-20,37H2,1-3H3. The zero-order chi connectivity index (χ0) is 32.6. The maximum atomic E-state index is 13.4. The first-order valence-electron chi connectivity index (χ1n) is 15.5. The zero-order valence-electron chi connectivity index (χ0n) is 26.3. The van der Waals surface area contributed by atoms with Crippen molar-refractivity contribution >= 4 is 40.8 Å². The van der Waals surface area contributed by atoms with E-state index in [-0.39, 0.29) is 34.4 Å². The number of amides is 1. The van der Waals surface area contributed by atoms with Gasteiger partial charge in [-0.15, -0.1) is 0 Å².